The van der Waals surface area contributed by atoms with E-state index in [9.17, 15) is 4.79 Å². The zero-order valence-electron chi connectivity index (χ0n) is 12.8. The highest BCUT2D eigenvalue weighted by atomic mass is 32.2. The van der Waals surface area contributed by atoms with E-state index in [4.69, 9.17) is 18.0 Å². The summed E-state index contributed by atoms with van der Waals surface area (Å²) >= 11 is 6.62. The first-order valence-corrected chi connectivity index (χ1v) is 9.10. The molecule has 0 bridgehead atoms. The molecule has 0 aliphatic carbocycles. The molecular weight excluding hydrogens is 328 g/mol. The number of nitrogens with zero attached hydrogens (tertiary/aromatic N) is 2. The summed E-state index contributed by atoms with van der Waals surface area (Å²) < 4.78 is 0. The Bertz CT molecular complexity index is 623. The third-order valence-corrected chi connectivity index (χ3v) is 5.26. The molecular formula is C16H20N4OS2. The van der Waals surface area contributed by atoms with Crippen molar-refractivity contribution in [1.82, 2.24) is 0 Å². The van der Waals surface area contributed by atoms with Gasteiger partial charge >= 0.3 is 0 Å². The molecule has 1 unspecified atom stereocenters. The fourth-order valence-electron chi connectivity index (χ4n) is 2.82. The summed E-state index contributed by atoms with van der Waals surface area (Å²) in [6.07, 6.45) is 4.32. The molecule has 1 aromatic carbocycles. The summed E-state index contributed by atoms with van der Waals surface area (Å²) in [5.41, 5.74) is 7.75. The Morgan fingerprint density at radius 3 is 2.61 bits per heavy atom. The number of benzene rings is 1. The highest BCUT2D eigenvalue weighted by Crippen LogP contribution is 2.25. The summed E-state index contributed by atoms with van der Waals surface area (Å²) in [6.45, 7) is 2.27. The van der Waals surface area contributed by atoms with Crippen molar-refractivity contribution in [2.45, 2.75) is 30.9 Å². The number of anilines is 2. The standard InChI is InChI=1S/C16H20N4OS2/c17-16-19-15(21)13(23-16)10-14(22)18-11-4-6-12(7-5-11)20-8-2-1-3-9-20/h4-7,13H,1-3,8-10H2,(H,18,22)(H2,17,19,21). The van der Waals surface area contributed by atoms with Gasteiger partial charge in [-0.3, -0.25) is 4.79 Å². The van der Waals surface area contributed by atoms with E-state index in [1.54, 1.807) is 0 Å². The van der Waals surface area contributed by atoms with Crippen LogP contribution in [-0.4, -0.2) is 34.4 Å². The number of amides is 1. The van der Waals surface area contributed by atoms with Crippen LogP contribution in [0.4, 0.5) is 11.4 Å². The van der Waals surface area contributed by atoms with E-state index in [0.29, 0.717) is 16.6 Å². The average molecular weight is 348 g/mol. The monoisotopic (exact) mass is 348 g/mol. The van der Waals surface area contributed by atoms with Crippen molar-refractivity contribution in [2.24, 2.45) is 10.7 Å². The number of carbonyl (C=O) groups is 1. The number of amidine groups is 1. The van der Waals surface area contributed by atoms with E-state index in [2.05, 4.69) is 27.3 Å². The Balaban J connectivity index is 1.53. The Labute approximate surface area is 145 Å². The number of thioether (sulfide) groups is 1. The molecule has 7 heteroatoms. The summed E-state index contributed by atoms with van der Waals surface area (Å²) in [4.78, 5) is 18.4. The molecule has 5 nitrogen and oxygen atoms in total. The minimum absolute atomic E-state index is 0.197. The van der Waals surface area contributed by atoms with Crippen LogP contribution in [0.15, 0.2) is 29.3 Å². The highest BCUT2D eigenvalue weighted by molar-refractivity contribution is 8.15. The van der Waals surface area contributed by atoms with Crippen molar-refractivity contribution in [2.75, 3.05) is 23.3 Å². The van der Waals surface area contributed by atoms with Crippen LogP contribution in [0.3, 0.4) is 0 Å². The number of hydrogen-bond acceptors (Lipinski definition) is 5. The van der Waals surface area contributed by atoms with Gasteiger partial charge in [0, 0.05) is 30.9 Å². The molecule has 1 aromatic rings. The molecule has 0 saturated carbocycles. The Hall–Kier alpha value is -1.60. The van der Waals surface area contributed by atoms with Crippen molar-refractivity contribution < 1.29 is 4.79 Å². The molecule has 23 heavy (non-hydrogen) atoms. The van der Waals surface area contributed by atoms with Gasteiger partial charge in [-0.15, -0.1) is 0 Å². The topological polar surface area (TPSA) is 70.7 Å². The highest BCUT2D eigenvalue weighted by Gasteiger charge is 2.27. The van der Waals surface area contributed by atoms with Crippen LogP contribution in [0.1, 0.15) is 25.7 Å². The molecule has 3 N–H and O–H groups in total. The fraction of sp³-hybridized carbons (Fsp3) is 0.438. The van der Waals surface area contributed by atoms with Crippen LogP contribution in [0.25, 0.3) is 0 Å². The molecule has 1 saturated heterocycles. The Kier molecular flexibility index (Phi) is 5.17. The second-order valence-corrected chi connectivity index (χ2v) is 7.46. The van der Waals surface area contributed by atoms with E-state index in [1.165, 1.54) is 36.7 Å². The number of piperidine rings is 1. The van der Waals surface area contributed by atoms with Crippen LogP contribution in [0.2, 0.25) is 0 Å². The Morgan fingerprint density at radius 1 is 1.30 bits per heavy atom. The zero-order chi connectivity index (χ0) is 16.2. The molecule has 0 spiro atoms. The molecule has 2 heterocycles. The molecule has 0 aromatic heterocycles. The predicted molar refractivity (Wildman–Crippen MR) is 101 cm³/mol. The van der Waals surface area contributed by atoms with Gasteiger partial charge in [0.05, 0.1) is 10.2 Å². The number of hydrogen-bond donors (Lipinski definition) is 2. The van der Waals surface area contributed by atoms with E-state index < -0.39 is 0 Å². The first-order chi connectivity index (χ1) is 11.1. The van der Waals surface area contributed by atoms with Gasteiger partial charge in [0.1, 0.15) is 0 Å². The molecule has 1 amide bonds. The smallest absolute Gasteiger partial charge is 0.262 e. The average Bonchev–Trinajstić information content (AvgIpc) is 2.86. The first-order valence-electron chi connectivity index (χ1n) is 7.81. The molecule has 1 fully saturated rings. The van der Waals surface area contributed by atoms with Crippen LogP contribution < -0.4 is 16.0 Å². The zero-order valence-corrected chi connectivity index (χ0v) is 14.5. The largest absolute Gasteiger partial charge is 0.378 e. The van der Waals surface area contributed by atoms with Crippen molar-refractivity contribution >= 4 is 51.4 Å². The lowest BCUT2D eigenvalue weighted by Crippen LogP contribution is -2.29. The van der Waals surface area contributed by atoms with Crippen LogP contribution in [0, 0.1) is 0 Å². The van der Waals surface area contributed by atoms with E-state index in [-0.39, 0.29) is 11.2 Å². The third-order valence-electron chi connectivity index (χ3n) is 4.00. The molecule has 1 atom stereocenters. The minimum Gasteiger partial charge on any atom is -0.378 e. The van der Waals surface area contributed by atoms with E-state index in [1.807, 2.05) is 12.1 Å². The van der Waals surface area contributed by atoms with Crippen LogP contribution in [0.5, 0.6) is 0 Å². The van der Waals surface area contributed by atoms with Gasteiger partial charge in [-0.05, 0) is 43.5 Å². The van der Waals surface area contributed by atoms with Crippen LogP contribution in [-0.2, 0) is 4.79 Å². The maximum Gasteiger partial charge on any atom is 0.262 e. The van der Waals surface area contributed by atoms with E-state index >= 15 is 0 Å². The van der Waals surface area contributed by atoms with Gasteiger partial charge in [-0.2, -0.15) is 4.99 Å². The van der Waals surface area contributed by atoms with Crippen LogP contribution >= 0.6 is 24.0 Å². The van der Waals surface area contributed by atoms with Gasteiger partial charge in [0.2, 0.25) is 0 Å². The molecule has 2 aliphatic rings. The number of aliphatic imine (C=N–C) groups is 1. The van der Waals surface area contributed by atoms with Crippen molar-refractivity contribution in [3.63, 3.8) is 0 Å². The quantitative estimate of drug-likeness (QED) is 0.816. The summed E-state index contributed by atoms with van der Waals surface area (Å²) in [6, 6.07) is 8.30. The lowest BCUT2D eigenvalue weighted by atomic mass is 10.1. The number of nitrogens with two attached hydrogens (primary N) is 1. The maximum atomic E-state index is 11.6. The number of carbonyl (C=O) groups excluding carboxylic acids is 1. The lowest BCUT2D eigenvalue weighted by Gasteiger charge is -2.28. The molecule has 122 valence electrons. The molecule has 3 rings (SSSR count). The van der Waals surface area contributed by atoms with Crippen molar-refractivity contribution in [1.29, 1.82) is 0 Å². The van der Waals surface area contributed by atoms with Crippen molar-refractivity contribution in [3.05, 3.63) is 24.3 Å². The number of nitrogens with one attached hydrogen (secondary N) is 1. The molecule has 2 aliphatic heterocycles. The second-order valence-electron chi connectivity index (χ2n) is 5.74. The van der Waals surface area contributed by atoms with Gasteiger partial charge in [-0.25, -0.2) is 0 Å². The lowest BCUT2D eigenvalue weighted by molar-refractivity contribution is -0.116. The second kappa shape index (κ2) is 7.31. The predicted octanol–water partition coefficient (Wildman–Crippen LogP) is 2.76. The first kappa shape index (κ1) is 16.3. The SMILES string of the molecule is NC1=NC(=O)C(CC(=S)Nc2ccc(N3CCCCC3)cc2)S1. The van der Waals surface area contributed by atoms with E-state index in [0.717, 1.165) is 18.8 Å². The summed E-state index contributed by atoms with van der Waals surface area (Å²) in [5.74, 6) is -0.197. The Morgan fingerprint density at radius 2 is 2.00 bits per heavy atom. The normalized spacial score (nSPS) is 21.2. The fourth-order valence-corrected chi connectivity index (χ4v) is 4.05. The summed E-state index contributed by atoms with van der Waals surface area (Å²) in [7, 11) is 0. The molecule has 0 radical (unpaired) electrons. The minimum atomic E-state index is -0.289. The van der Waals surface area contributed by atoms with Gasteiger partial charge in [-0.1, -0.05) is 24.0 Å². The summed E-state index contributed by atoms with van der Waals surface area (Å²) in [5, 5.41) is 3.23. The van der Waals surface area contributed by atoms with Gasteiger partial charge < -0.3 is 16.0 Å². The number of rotatable bonds is 4. The maximum absolute atomic E-state index is 11.6. The van der Waals surface area contributed by atoms with Gasteiger partial charge in [0.15, 0.2) is 5.17 Å². The van der Waals surface area contributed by atoms with Crippen molar-refractivity contribution in [3.8, 4) is 0 Å². The van der Waals surface area contributed by atoms with Gasteiger partial charge in [0.25, 0.3) is 5.91 Å². The number of thiocarbonyl (C=S) groups is 1. The third kappa shape index (κ3) is 4.23.